The number of nitrogens with zero attached hydrogens (tertiary/aromatic N) is 1. The van der Waals surface area contributed by atoms with E-state index in [1.807, 2.05) is 12.1 Å². The van der Waals surface area contributed by atoms with Gasteiger partial charge in [-0.2, -0.15) is 0 Å². The van der Waals surface area contributed by atoms with Gasteiger partial charge in [-0.15, -0.1) is 0 Å². The largest absolute Gasteiger partial charge is 0.493 e. The minimum Gasteiger partial charge on any atom is -0.493 e. The van der Waals surface area contributed by atoms with Gasteiger partial charge in [0.15, 0.2) is 18.1 Å². The number of rotatable bonds is 8. The van der Waals surface area contributed by atoms with E-state index in [2.05, 4.69) is 15.6 Å². The van der Waals surface area contributed by atoms with Crippen LogP contribution in [0, 0.1) is 5.92 Å². The van der Waals surface area contributed by atoms with Crippen molar-refractivity contribution in [1.82, 2.24) is 4.98 Å². The Morgan fingerprint density at radius 3 is 2.43 bits per heavy atom. The number of benzene rings is 2. The molecular formula is C26H27N3O6. The molecule has 182 valence electrons. The normalized spacial score (nSPS) is 13.3. The standard InChI is InChI=1S/C26H27N3O6/c1-33-22-13-18(21(14-23(22)34-2)29-25(31)16-7-3-4-8-16)26(32)35-15-24(30)28-20-11-5-10-19-17(20)9-6-12-27-19/h5-6,9-14,16H,3-4,7-8,15H2,1-2H3,(H,28,30)(H,29,31). The summed E-state index contributed by atoms with van der Waals surface area (Å²) in [6.07, 6.45) is 5.29. The predicted molar refractivity (Wildman–Crippen MR) is 131 cm³/mol. The molecule has 2 aromatic carbocycles. The summed E-state index contributed by atoms with van der Waals surface area (Å²) in [5, 5.41) is 6.34. The van der Waals surface area contributed by atoms with E-state index >= 15 is 0 Å². The predicted octanol–water partition coefficient (Wildman–Crippen LogP) is 4.18. The van der Waals surface area contributed by atoms with Crippen molar-refractivity contribution in [3.8, 4) is 11.5 Å². The van der Waals surface area contributed by atoms with E-state index in [1.54, 1.807) is 24.4 Å². The molecule has 1 saturated carbocycles. The number of aromatic nitrogens is 1. The Labute approximate surface area is 202 Å². The minimum absolute atomic E-state index is 0.0659. The van der Waals surface area contributed by atoms with Gasteiger partial charge in [0.25, 0.3) is 5.91 Å². The summed E-state index contributed by atoms with van der Waals surface area (Å²) in [7, 11) is 2.90. The van der Waals surface area contributed by atoms with Crippen LogP contribution in [0.25, 0.3) is 10.9 Å². The van der Waals surface area contributed by atoms with Gasteiger partial charge >= 0.3 is 5.97 Å². The van der Waals surface area contributed by atoms with Crippen LogP contribution >= 0.6 is 0 Å². The van der Waals surface area contributed by atoms with Crippen molar-refractivity contribution >= 4 is 40.1 Å². The number of fused-ring (bicyclic) bond motifs is 1. The number of hydrogen-bond acceptors (Lipinski definition) is 7. The van der Waals surface area contributed by atoms with Crippen molar-refractivity contribution in [2.24, 2.45) is 5.92 Å². The minimum atomic E-state index is -0.776. The first-order chi connectivity index (χ1) is 17.0. The first-order valence-electron chi connectivity index (χ1n) is 11.4. The van der Waals surface area contributed by atoms with E-state index < -0.39 is 18.5 Å². The lowest BCUT2D eigenvalue weighted by atomic mass is 10.1. The van der Waals surface area contributed by atoms with E-state index in [9.17, 15) is 14.4 Å². The summed E-state index contributed by atoms with van der Waals surface area (Å²) in [5.74, 6) is -0.896. The number of carbonyl (C=O) groups is 3. The molecule has 1 heterocycles. The third kappa shape index (κ3) is 5.51. The highest BCUT2D eigenvalue weighted by Gasteiger charge is 2.26. The molecule has 1 aromatic heterocycles. The summed E-state index contributed by atoms with van der Waals surface area (Å²) in [5.41, 5.74) is 1.60. The van der Waals surface area contributed by atoms with Gasteiger partial charge in [-0.05, 0) is 37.1 Å². The number of methoxy groups -OCH3 is 2. The number of esters is 1. The van der Waals surface area contributed by atoms with Gasteiger partial charge in [-0.25, -0.2) is 4.79 Å². The average Bonchev–Trinajstić information content (AvgIpc) is 3.42. The Morgan fingerprint density at radius 2 is 1.69 bits per heavy atom. The molecule has 0 spiro atoms. The molecule has 2 N–H and O–H groups in total. The highest BCUT2D eigenvalue weighted by molar-refractivity contribution is 6.05. The molecule has 0 bridgehead atoms. The first kappa shape index (κ1) is 24.0. The van der Waals surface area contributed by atoms with E-state index in [0.29, 0.717) is 17.2 Å². The Bertz CT molecular complexity index is 1250. The van der Waals surface area contributed by atoms with E-state index in [-0.39, 0.29) is 23.1 Å². The van der Waals surface area contributed by atoms with Gasteiger partial charge < -0.3 is 24.8 Å². The average molecular weight is 478 g/mol. The van der Waals surface area contributed by atoms with Crippen LogP contribution in [0.5, 0.6) is 11.5 Å². The third-order valence-electron chi connectivity index (χ3n) is 5.98. The Kier molecular flexibility index (Phi) is 7.45. The van der Waals surface area contributed by atoms with Crippen molar-refractivity contribution in [1.29, 1.82) is 0 Å². The fraction of sp³-hybridized carbons (Fsp3) is 0.308. The number of anilines is 2. The molecule has 0 unspecified atom stereocenters. The second kappa shape index (κ2) is 10.9. The summed E-state index contributed by atoms with van der Waals surface area (Å²) >= 11 is 0. The van der Waals surface area contributed by atoms with Crippen LogP contribution in [0.3, 0.4) is 0 Å². The lowest BCUT2D eigenvalue weighted by Crippen LogP contribution is -2.24. The van der Waals surface area contributed by atoms with Crippen molar-refractivity contribution in [3.05, 3.63) is 54.2 Å². The van der Waals surface area contributed by atoms with Gasteiger partial charge in [0.05, 0.1) is 36.7 Å². The van der Waals surface area contributed by atoms with Crippen molar-refractivity contribution < 1.29 is 28.6 Å². The van der Waals surface area contributed by atoms with E-state index in [0.717, 1.165) is 36.6 Å². The zero-order valence-corrected chi connectivity index (χ0v) is 19.6. The van der Waals surface area contributed by atoms with Crippen LogP contribution in [0.1, 0.15) is 36.0 Å². The molecule has 1 aliphatic rings. The molecule has 0 aliphatic heterocycles. The number of amides is 2. The molecule has 3 aromatic rings. The third-order valence-corrected chi connectivity index (χ3v) is 5.98. The molecule has 2 amide bonds. The van der Waals surface area contributed by atoms with Gasteiger partial charge in [0, 0.05) is 29.6 Å². The summed E-state index contributed by atoms with van der Waals surface area (Å²) < 4.78 is 15.9. The maximum absolute atomic E-state index is 12.9. The van der Waals surface area contributed by atoms with Crippen LogP contribution in [0.4, 0.5) is 11.4 Å². The molecular weight excluding hydrogens is 450 g/mol. The molecule has 9 heteroatoms. The highest BCUT2D eigenvalue weighted by atomic mass is 16.5. The molecule has 0 radical (unpaired) electrons. The van der Waals surface area contributed by atoms with Gasteiger partial charge in [0.1, 0.15) is 0 Å². The lowest BCUT2D eigenvalue weighted by Gasteiger charge is -2.17. The van der Waals surface area contributed by atoms with Crippen molar-refractivity contribution in [2.45, 2.75) is 25.7 Å². The number of carbonyl (C=O) groups excluding carboxylic acids is 3. The van der Waals surface area contributed by atoms with Crippen LogP contribution in [-0.4, -0.2) is 43.6 Å². The Balaban J connectivity index is 1.49. The second-order valence-corrected chi connectivity index (χ2v) is 8.22. The first-order valence-corrected chi connectivity index (χ1v) is 11.4. The molecule has 0 saturated heterocycles. The van der Waals surface area contributed by atoms with Crippen molar-refractivity contribution in [3.63, 3.8) is 0 Å². The maximum Gasteiger partial charge on any atom is 0.340 e. The Morgan fingerprint density at radius 1 is 0.943 bits per heavy atom. The quantitative estimate of drug-likeness (QED) is 0.468. The topological polar surface area (TPSA) is 116 Å². The van der Waals surface area contributed by atoms with Crippen LogP contribution in [0.15, 0.2) is 48.7 Å². The number of ether oxygens (including phenoxy) is 3. The summed E-state index contributed by atoms with van der Waals surface area (Å²) in [4.78, 5) is 42.5. The Hall–Kier alpha value is -4.14. The zero-order chi connectivity index (χ0) is 24.8. The molecule has 1 fully saturated rings. The van der Waals surface area contributed by atoms with E-state index in [4.69, 9.17) is 14.2 Å². The van der Waals surface area contributed by atoms with Crippen molar-refractivity contribution in [2.75, 3.05) is 31.5 Å². The SMILES string of the molecule is COc1cc(NC(=O)C2CCCC2)c(C(=O)OCC(=O)Nc2cccc3ncccc23)cc1OC. The van der Waals surface area contributed by atoms with Gasteiger partial charge in [0.2, 0.25) is 5.91 Å². The molecule has 1 aliphatic carbocycles. The number of pyridine rings is 1. The van der Waals surface area contributed by atoms with Crippen LogP contribution in [-0.2, 0) is 14.3 Å². The maximum atomic E-state index is 12.9. The van der Waals surface area contributed by atoms with E-state index in [1.165, 1.54) is 26.4 Å². The van der Waals surface area contributed by atoms with Crippen LogP contribution < -0.4 is 20.1 Å². The zero-order valence-electron chi connectivity index (χ0n) is 19.6. The monoisotopic (exact) mass is 477 g/mol. The van der Waals surface area contributed by atoms with Gasteiger partial charge in [-0.3, -0.25) is 14.6 Å². The van der Waals surface area contributed by atoms with Crippen LogP contribution in [0.2, 0.25) is 0 Å². The molecule has 9 nitrogen and oxygen atoms in total. The number of hydrogen-bond donors (Lipinski definition) is 2. The smallest absolute Gasteiger partial charge is 0.340 e. The van der Waals surface area contributed by atoms with Gasteiger partial charge in [-0.1, -0.05) is 18.9 Å². The summed E-state index contributed by atoms with van der Waals surface area (Å²) in [6.45, 7) is -0.514. The second-order valence-electron chi connectivity index (χ2n) is 8.22. The summed E-state index contributed by atoms with van der Waals surface area (Å²) in [6, 6.07) is 11.9. The number of nitrogens with one attached hydrogen (secondary N) is 2. The lowest BCUT2D eigenvalue weighted by molar-refractivity contribution is -0.120. The highest BCUT2D eigenvalue weighted by Crippen LogP contribution is 2.35. The molecule has 0 atom stereocenters. The fourth-order valence-electron chi connectivity index (χ4n) is 4.18. The fourth-order valence-corrected chi connectivity index (χ4v) is 4.18. The molecule has 35 heavy (non-hydrogen) atoms. The molecule has 4 rings (SSSR count).